The van der Waals surface area contributed by atoms with Crippen molar-refractivity contribution in [1.29, 1.82) is 0 Å². The van der Waals surface area contributed by atoms with Crippen molar-refractivity contribution in [1.82, 2.24) is 5.32 Å². The Hall–Kier alpha value is -0.410. The molecule has 0 saturated heterocycles. The highest BCUT2D eigenvalue weighted by atomic mass is 79.9. The highest BCUT2D eigenvalue weighted by molar-refractivity contribution is 9.10. The van der Waals surface area contributed by atoms with Gasteiger partial charge in [-0.2, -0.15) is 0 Å². The Morgan fingerprint density at radius 2 is 1.79 bits per heavy atom. The number of hydrogen-bond donors (Lipinski definition) is 1. The van der Waals surface area contributed by atoms with Crippen molar-refractivity contribution in [3.8, 4) is 0 Å². The number of aryl methyl sites for hydroxylation is 1. The van der Waals surface area contributed by atoms with Crippen LogP contribution in [0.3, 0.4) is 0 Å². The molecule has 0 fully saturated rings. The van der Waals surface area contributed by atoms with Gasteiger partial charge in [0.15, 0.2) is 0 Å². The summed E-state index contributed by atoms with van der Waals surface area (Å²) < 4.78 is 13.7. The Bertz CT molecular complexity index is 421. The van der Waals surface area contributed by atoms with Gasteiger partial charge in [0.05, 0.1) is 4.47 Å². The molecule has 0 bridgehead atoms. The third kappa shape index (κ3) is 6.53. The summed E-state index contributed by atoms with van der Waals surface area (Å²) in [5.74, 6) is -0.197. The van der Waals surface area contributed by atoms with Gasteiger partial charge in [-0.1, -0.05) is 19.9 Å². The van der Waals surface area contributed by atoms with Gasteiger partial charge in [0.25, 0.3) is 0 Å². The summed E-state index contributed by atoms with van der Waals surface area (Å²) in [6.45, 7) is 12.1. The van der Waals surface area contributed by atoms with Gasteiger partial charge in [0, 0.05) is 12.1 Å². The van der Waals surface area contributed by atoms with Gasteiger partial charge in [-0.05, 0) is 72.7 Å². The van der Waals surface area contributed by atoms with Crippen molar-refractivity contribution in [3.63, 3.8) is 0 Å². The fraction of sp³-hybridized carbons (Fsp3) is 0.625. The smallest absolute Gasteiger partial charge is 0.137 e. The molecule has 0 atom stereocenters. The fourth-order valence-electron chi connectivity index (χ4n) is 1.77. The molecular formula is C16H25BrFN. The SMILES string of the molecule is CC(C)(CCc1ccc(F)c(Br)c1)CNC(C)(C)C. The predicted octanol–water partition coefficient (Wildman–Crippen LogP) is 4.94. The number of halogens is 2. The molecule has 0 aliphatic rings. The van der Waals surface area contributed by atoms with Gasteiger partial charge in [-0.3, -0.25) is 0 Å². The van der Waals surface area contributed by atoms with Crippen LogP contribution in [0.2, 0.25) is 0 Å². The molecule has 0 heterocycles. The minimum Gasteiger partial charge on any atom is -0.312 e. The second kappa shape index (κ2) is 6.36. The van der Waals surface area contributed by atoms with Crippen LogP contribution in [0.5, 0.6) is 0 Å². The lowest BCUT2D eigenvalue weighted by molar-refractivity contribution is 0.273. The molecule has 0 aromatic heterocycles. The molecule has 0 saturated carbocycles. The van der Waals surface area contributed by atoms with Crippen molar-refractivity contribution >= 4 is 15.9 Å². The lowest BCUT2D eigenvalue weighted by atomic mass is 9.85. The molecule has 0 aliphatic carbocycles. The minimum atomic E-state index is -0.197. The topological polar surface area (TPSA) is 12.0 Å². The maximum absolute atomic E-state index is 13.2. The van der Waals surface area contributed by atoms with Crippen LogP contribution in [0.4, 0.5) is 4.39 Å². The molecular weight excluding hydrogens is 305 g/mol. The van der Waals surface area contributed by atoms with Gasteiger partial charge < -0.3 is 5.32 Å². The molecule has 1 N–H and O–H groups in total. The second-order valence-corrected chi connectivity index (χ2v) is 7.87. The first-order valence-corrected chi connectivity index (χ1v) is 7.57. The number of hydrogen-bond acceptors (Lipinski definition) is 1. The molecule has 0 amide bonds. The summed E-state index contributed by atoms with van der Waals surface area (Å²) in [5.41, 5.74) is 1.56. The van der Waals surface area contributed by atoms with Gasteiger partial charge in [0.1, 0.15) is 5.82 Å². The van der Waals surface area contributed by atoms with Gasteiger partial charge in [-0.15, -0.1) is 0 Å². The van der Waals surface area contributed by atoms with Crippen LogP contribution in [-0.2, 0) is 6.42 Å². The molecule has 1 aromatic carbocycles. The quantitative estimate of drug-likeness (QED) is 0.807. The predicted molar refractivity (Wildman–Crippen MR) is 84.0 cm³/mol. The molecule has 1 rings (SSSR count). The summed E-state index contributed by atoms with van der Waals surface area (Å²) in [6, 6.07) is 5.27. The van der Waals surface area contributed by atoms with E-state index >= 15 is 0 Å². The van der Waals surface area contributed by atoms with E-state index in [1.54, 1.807) is 0 Å². The van der Waals surface area contributed by atoms with E-state index in [2.05, 4.69) is 55.9 Å². The van der Waals surface area contributed by atoms with Crippen LogP contribution in [0.25, 0.3) is 0 Å². The Kier molecular flexibility index (Phi) is 5.57. The molecule has 19 heavy (non-hydrogen) atoms. The Morgan fingerprint density at radius 3 is 2.32 bits per heavy atom. The minimum absolute atomic E-state index is 0.149. The number of benzene rings is 1. The van der Waals surface area contributed by atoms with Crippen molar-refractivity contribution in [3.05, 3.63) is 34.1 Å². The first-order chi connectivity index (χ1) is 8.59. The summed E-state index contributed by atoms with van der Waals surface area (Å²) in [5, 5.41) is 3.55. The molecule has 0 radical (unpaired) electrons. The normalized spacial score (nSPS) is 12.8. The van der Waals surface area contributed by atoms with E-state index in [9.17, 15) is 4.39 Å². The average Bonchev–Trinajstić information content (AvgIpc) is 2.28. The molecule has 0 spiro atoms. The van der Waals surface area contributed by atoms with Crippen LogP contribution in [-0.4, -0.2) is 12.1 Å². The Balaban J connectivity index is 2.52. The highest BCUT2D eigenvalue weighted by Crippen LogP contribution is 2.24. The largest absolute Gasteiger partial charge is 0.312 e. The van der Waals surface area contributed by atoms with E-state index in [0.717, 1.165) is 19.4 Å². The summed E-state index contributed by atoms with van der Waals surface area (Å²) in [6.07, 6.45) is 2.05. The lowest BCUT2D eigenvalue weighted by Crippen LogP contribution is -2.42. The van der Waals surface area contributed by atoms with Gasteiger partial charge in [-0.25, -0.2) is 4.39 Å². The van der Waals surface area contributed by atoms with Crippen molar-refractivity contribution < 1.29 is 4.39 Å². The number of rotatable bonds is 5. The van der Waals surface area contributed by atoms with Crippen LogP contribution in [0.1, 0.15) is 46.6 Å². The first-order valence-electron chi connectivity index (χ1n) is 6.78. The van der Waals surface area contributed by atoms with Gasteiger partial charge >= 0.3 is 0 Å². The van der Waals surface area contributed by atoms with Crippen molar-refractivity contribution in [2.75, 3.05) is 6.54 Å². The lowest BCUT2D eigenvalue weighted by Gasteiger charge is -2.30. The molecule has 0 aliphatic heterocycles. The van der Waals surface area contributed by atoms with E-state index in [-0.39, 0.29) is 16.8 Å². The molecule has 3 heteroatoms. The Labute approximate surface area is 125 Å². The van der Waals surface area contributed by atoms with E-state index in [1.165, 1.54) is 11.6 Å². The van der Waals surface area contributed by atoms with E-state index in [0.29, 0.717) is 4.47 Å². The molecule has 1 nitrogen and oxygen atoms in total. The summed E-state index contributed by atoms with van der Waals surface area (Å²) >= 11 is 3.24. The fourth-order valence-corrected chi connectivity index (χ4v) is 2.20. The number of nitrogens with one attached hydrogen (secondary N) is 1. The van der Waals surface area contributed by atoms with Crippen LogP contribution < -0.4 is 5.32 Å². The second-order valence-electron chi connectivity index (χ2n) is 7.02. The third-order valence-electron chi connectivity index (χ3n) is 3.17. The van der Waals surface area contributed by atoms with Crippen LogP contribution in [0.15, 0.2) is 22.7 Å². The molecule has 1 aromatic rings. The first kappa shape index (κ1) is 16.6. The summed E-state index contributed by atoms with van der Waals surface area (Å²) in [7, 11) is 0. The van der Waals surface area contributed by atoms with E-state index < -0.39 is 0 Å². The zero-order valence-corrected chi connectivity index (χ0v) is 14.2. The highest BCUT2D eigenvalue weighted by Gasteiger charge is 2.20. The van der Waals surface area contributed by atoms with Crippen molar-refractivity contribution in [2.24, 2.45) is 5.41 Å². The third-order valence-corrected chi connectivity index (χ3v) is 3.78. The zero-order valence-electron chi connectivity index (χ0n) is 12.6. The average molecular weight is 330 g/mol. The van der Waals surface area contributed by atoms with Gasteiger partial charge in [0.2, 0.25) is 0 Å². The van der Waals surface area contributed by atoms with Crippen LogP contribution in [0, 0.1) is 11.2 Å². The monoisotopic (exact) mass is 329 g/mol. The maximum atomic E-state index is 13.2. The van der Waals surface area contributed by atoms with Crippen LogP contribution >= 0.6 is 15.9 Å². The van der Waals surface area contributed by atoms with E-state index in [4.69, 9.17) is 0 Å². The summed E-state index contributed by atoms with van der Waals surface area (Å²) in [4.78, 5) is 0. The maximum Gasteiger partial charge on any atom is 0.137 e. The standard InChI is InChI=1S/C16H25BrFN/c1-15(2,3)19-11-16(4,5)9-8-12-6-7-14(18)13(17)10-12/h6-7,10,19H,8-9,11H2,1-5H3. The molecule has 0 unspecified atom stereocenters. The van der Waals surface area contributed by atoms with Crippen molar-refractivity contribution in [2.45, 2.75) is 53.0 Å². The molecule has 108 valence electrons. The van der Waals surface area contributed by atoms with E-state index in [1.807, 2.05) is 12.1 Å². The zero-order chi connectivity index (χ0) is 14.7. The Morgan fingerprint density at radius 1 is 1.16 bits per heavy atom.